The molecule has 5 atom stereocenters. The van der Waals surface area contributed by atoms with Crippen molar-refractivity contribution < 1.29 is 28.9 Å². The number of nitrogens with zero attached hydrogens (tertiary/aromatic N) is 4. The molecule has 5 unspecified atom stereocenters. The number of amides is 2. The number of rotatable bonds is 14. The highest BCUT2D eigenvalue weighted by Crippen LogP contribution is 2.43. The summed E-state index contributed by atoms with van der Waals surface area (Å²) < 4.78 is 20.1. The molecule has 0 saturated carbocycles. The Morgan fingerprint density at radius 2 is 1.53 bits per heavy atom. The molecule has 6 aromatic rings. The first-order chi connectivity index (χ1) is 27.9. The lowest BCUT2D eigenvalue weighted by Crippen LogP contribution is -2.47. The fourth-order valence-electron chi connectivity index (χ4n) is 6.81. The van der Waals surface area contributed by atoms with E-state index in [-0.39, 0.29) is 31.3 Å². The summed E-state index contributed by atoms with van der Waals surface area (Å²) in [6.45, 7) is 2.32. The molecule has 13 heteroatoms. The lowest BCUT2D eigenvalue weighted by molar-refractivity contribution is -0.268. The van der Waals surface area contributed by atoms with Gasteiger partial charge in [0.15, 0.2) is 6.29 Å². The summed E-state index contributed by atoms with van der Waals surface area (Å²) in [6, 6.07) is 41.7. The molecule has 0 radical (unpaired) electrons. The zero-order valence-electron chi connectivity index (χ0n) is 31.6. The van der Waals surface area contributed by atoms with E-state index in [1.54, 1.807) is 4.68 Å². The summed E-state index contributed by atoms with van der Waals surface area (Å²) in [5.74, 6) is 0.0422. The van der Waals surface area contributed by atoms with Gasteiger partial charge in [0.1, 0.15) is 6.04 Å². The lowest BCUT2D eigenvalue weighted by atomic mass is 9.91. The van der Waals surface area contributed by atoms with E-state index in [9.17, 15) is 14.7 Å². The predicted molar refractivity (Wildman–Crippen MR) is 216 cm³/mol. The number of urea groups is 1. The maximum atomic E-state index is 13.0. The van der Waals surface area contributed by atoms with Crippen molar-refractivity contribution in [3.63, 3.8) is 0 Å². The molecule has 1 fully saturated rings. The van der Waals surface area contributed by atoms with Crippen molar-refractivity contribution in [1.82, 2.24) is 30.8 Å². The molecule has 0 spiro atoms. The quantitative estimate of drug-likeness (QED) is 0.0780. The first-order valence-electron chi connectivity index (χ1n) is 18.7. The minimum absolute atomic E-state index is 0.0214. The van der Waals surface area contributed by atoms with E-state index >= 15 is 0 Å². The highest BCUT2D eigenvalue weighted by molar-refractivity contribution is 7.99. The number of thioether (sulfide) groups is 1. The molecule has 1 saturated heterocycles. The van der Waals surface area contributed by atoms with E-state index in [2.05, 4.69) is 33.1 Å². The third-order valence-electron chi connectivity index (χ3n) is 9.97. The van der Waals surface area contributed by atoms with E-state index in [0.717, 1.165) is 44.6 Å². The number of tetrazole rings is 1. The summed E-state index contributed by atoms with van der Waals surface area (Å²) in [5, 5.41) is 28.4. The third kappa shape index (κ3) is 9.76. The van der Waals surface area contributed by atoms with Crippen LogP contribution in [0.5, 0.6) is 0 Å². The van der Waals surface area contributed by atoms with Gasteiger partial charge in [0, 0.05) is 30.2 Å². The number of hydrogen-bond donors (Lipinski definition) is 3. The number of ether oxygens (including phenoxy) is 3. The minimum Gasteiger partial charge on any atom is -0.467 e. The van der Waals surface area contributed by atoms with Gasteiger partial charge in [-0.05, 0) is 55.9 Å². The zero-order chi connectivity index (χ0) is 39.6. The molecule has 1 aliphatic heterocycles. The van der Waals surface area contributed by atoms with Crippen molar-refractivity contribution >= 4 is 23.8 Å². The molecule has 1 aromatic heterocycles. The van der Waals surface area contributed by atoms with Crippen molar-refractivity contribution in [1.29, 1.82) is 0 Å². The minimum atomic E-state index is -0.837. The first kappa shape index (κ1) is 39.4. The summed E-state index contributed by atoms with van der Waals surface area (Å²) in [5.41, 5.74) is 7.26. The van der Waals surface area contributed by atoms with Gasteiger partial charge in [-0.25, -0.2) is 9.59 Å². The number of benzene rings is 5. The van der Waals surface area contributed by atoms with Crippen LogP contribution in [0.3, 0.4) is 0 Å². The fourth-order valence-corrected chi connectivity index (χ4v) is 7.87. The molecule has 2 amide bonds. The van der Waals surface area contributed by atoms with Crippen LogP contribution in [0.25, 0.3) is 16.8 Å². The number of carbonyl (C=O) groups is 2. The lowest BCUT2D eigenvalue weighted by Gasteiger charge is -2.41. The van der Waals surface area contributed by atoms with Gasteiger partial charge < -0.3 is 30.0 Å². The largest absolute Gasteiger partial charge is 0.467 e. The second-order valence-corrected chi connectivity index (χ2v) is 14.7. The smallest absolute Gasteiger partial charge is 0.328 e. The molecule has 57 heavy (non-hydrogen) atoms. The Labute approximate surface area is 335 Å². The SMILES string of the molecule is COC(=O)C(Cc1ccccc1)NC(=O)NCc1ccccc1-c1ccc(C2OC(CSc3nnnn3-c3ccccc3)C(C)C(c3ccc(CO)cc3)O2)cc1. The Hall–Kier alpha value is -5.86. The number of aliphatic hydroxyl groups excluding tert-OH is 1. The molecule has 292 valence electrons. The van der Waals surface area contributed by atoms with Crippen LogP contribution >= 0.6 is 11.8 Å². The molecule has 12 nitrogen and oxygen atoms in total. The van der Waals surface area contributed by atoms with Crippen LogP contribution in [-0.4, -0.2) is 62.3 Å². The van der Waals surface area contributed by atoms with E-state index in [1.165, 1.54) is 18.9 Å². The Morgan fingerprint density at radius 3 is 2.25 bits per heavy atom. The van der Waals surface area contributed by atoms with Gasteiger partial charge in [-0.3, -0.25) is 0 Å². The van der Waals surface area contributed by atoms with E-state index in [0.29, 0.717) is 17.3 Å². The average Bonchev–Trinajstić information content (AvgIpc) is 3.74. The van der Waals surface area contributed by atoms with Crippen LogP contribution in [0, 0.1) is 5.92 Å². The Bertz CT molecular complexity index is 2220. The van der Waals surface area contributed by atoms with Crippen LogP contribution in [0.2, 0.25) is 0 Å². The monoisotopic (exact) mass is 784 g/mol. The fraction of sp³-hybridized carbons (Fsp3) is 0.250. The molecule has 7 rings (SSSR count). The topological polar surface area (TPSA) is 150 Å². The maximum Gasteiger partial charge on any atom is 0.328 e. The van der Waals surface area contributed by atoms with Gasteiger partial charge >= 0.3 is 12.0 Å². The second-order valence-electron chi connectivity index (χ2n) is 13.7. The van der Waals surface area contributed by atoms with Crippen LogP contribution in [0.1, 0.15) is 47.1 Å². The average molecular weight is 785 g/mol. The van der Waals surface area contributed by atoms with Gasteiger partial charge in [-0.2, -0.15) is 4.68 Å². The molecule has 1 aliphatic rings. The molecule has 5 aromatic carbocycles. The molecular formula is C44H44N6O6S. The third-order valence-corrected chi connectivity index (χ3v) is 11.0. The Morgan fingerprint density at radius 1 is 0.842 bits per heavy atom. The number of aromatic nitrogens is 4. The van der Waals surface area contributed by atoms with E-state index in [4.69, 9.17) is 14.2 Å². The van der Waals surface area contributed by atoms with Gasteiger partial charge in [0.2, 0.25) is 5.16 Å². The second kappa shape index (κ2) is 18.9. The number of para-hydroxylation sites is 1. The molecule has 3 N–H and O–H groups in total. The van der Waals surface area contributed by atoms with Crippen LogP contribution < -0.4 is 10.6 Å². The van der Waals surface area contributed by atoms with E-state index in [1.807, 2.05) is 133 Å². The van der Waals surface area contributed by atoms with Crippen molar-refractivity contribution in [2.75, 3.05) is 12.9 Å². The van der Waals surface area contributed by atoms with Crippen LogP contribution in [-0.2, 0) is 38.6 Å². The van der Waals surface area contributed by atoms with E-state index < -0.39 is 24.3 Å². The summed E-state index contributed by atoms with van der Waals surface area (Å²) in [4.78, 5) is 25.5. The Kier molecular flexibility index (Phi) is 13.0. The van der Waals surface area contributed by atoms with Crippen LogP contribution in [0.4, 0.5) is 4.79 Å². The van der Waals surface area contributed by atoms with Crippen molar-refractivity contribution in [3.8, 4) is 16.8 Å². The number of hydrogen-bond acceptors (Lipinski definition) is 10. The first-order valence-corrected chi connectivity index (χ1v) is 19.7. The molecule has 2 heterocycles. The van der Waals surface area contributed by atoms with Crippen molar-refractivity contribution in [3.05, 3.63) is 161 Å². The highest BCUT2D eigenvalue weighted by atomic mass is 32.2. The van der Waals surface area contributed by atoms with Crippen molar-refractivity contribution in [2.45, 2.75) is 56.2 Å². The van der Waals surface area contributed by atoms with Gasteiger partial charge in [0.05, 0.1) is 31.6 Å². The number of carbonyl (C=O) groups excluding carboxylic acids is 2. The summed E-state index contributed by atoms with van der Waals surface area (Å²) in [7, 11) is 1.31. The molecule has 0 aliphatic carbocycles. The summed E-state index contributed by atoms with van der Waals surface area (Å²) in [6.07, 6.45) is -0.854. The van der Waals surface area contributed by atoms with Crippen molar-refractivity contribution in [2.24, 2.45) is 5.92 Å². The standard InChI is InChI=1S/C44H44N6O6S/c1-29-39(28-57-44-47-48-49-50(44)36-14-7-4-8-15-36)55-42(56-40(29)33-19-17-31(27-51)18-20-33)34-23-21-32(22-24-34)37-16-10-9-13-35(37)26-45-43(53)46-38(41(52)54-2)25-30-11-5-3-6-12-30/h3-24,29,38-40,42,51H,25-28H2,1-2H3,(H2,45,46,53). The maximum absolute atomic E-state index is 13.0. The number of esters is 1. The normalized spacial score (nSPS) is 18.4. The van der Waals surface area contributed by atoms with Gasteiger partial charge in [0.25, 0.3) is 0 Å². The number of methoxy groups -OCH3 is 1. The molecular weight excluding hydrogens is 741 g/mol. The van der Waals surface area contributed by atoms with Gasteiger partial charge in [-0.1, -0.05) is 140 Å². The zero-order valence-corrected chi connectivity index (χ0v) is 32.4. The van der Waals surface area contributed by atoms with Crippen LogP contribution in [0.15, 0.2) is 139 Å². The predicted octanol–water partition coefficient (Wildman–Crippen LogP) is 6.99. The number of aliphatic hydroxyl groups is 1. The van der Waals surface area contributed by atoms with Gasteiger partial charge in [-0.15, -0.1) is 5.10 Å². The highest BCUT2D eigenvalue weighted by Gasteiger charge is 2.38. The number of nitrogens with one attached hydrogen (secondary N) is 2. The summed E-state index contributed by atoms with van der Waals surface area (Å²) >= 11 is 1.53. The molecule has 0 bridgehead atoms. The Balaban J connectivity index is 1.06.